The number of carboxylic acids is 1. The number of carbonyl (C=O) groups is 3. The van der Waals surface area contributed by atoms with Crippen LogP contribution in [-0.2, 0) is 16.6 Å². The number of imidazole rings is 1. The van der Waals surface area contributed by atoms with Gasteiger partial charge in [-0.3, -0.25) is 9.59 Å². The van der Waals surface area contributed by atoms with Crippen molar-refractivity contribution >= 4 is 40.6 Å². The van der Waals surface area contributed by atoms with Crippen molar-refractivity contribution in [3.8, 4) is 11.5 Å². The third-order valence-corrected chi connectivity index (χ3v) is 9.74. The Morgan fingerprint density at radius 2 is 1.69 bits per heavy atom. The third-order valence-electron chi connectivity index (χ3n) is 9.74. The van der Waals surface area contributed by atoms with Gasteiger partial charge >= 0.3 is 5.97 Å². The van der Waals surface area contributed by atoms with Gasteiger partial charge in [0, 0.05) is 36.6 Å². The molecule has 0 aliphatic heterocycles. The van der Waals surface area contributed by atoms with E-state index in [2.05, 4.69) is 39.7 Å². The Kier molecular flexibility index (Phi) is 8.36. The molecule has 2 amide bonds. The van der Waals surface area contributed by atoms with E-state index in [1.165, 1.54) is 25.3 Å². The summed E-state index contributed by atoms with van der Waals surface area (Å²) in [6.07, 6.45) is 11.0. The zero-order valence-electron chi connectivity index (χ0n) is 26.1. The van der Waals surface area contributed by atoms with Crippen LogP contribution in [0.15, 0.2) is 66.9 Å². The van der Waals surface area contributed by atoms with Gasteiger partial charge in [0.2, 0.25) is 5.91 Å². The van der Waals surface area contributed by atoms with E-state index in [1.54, 1.807) is 24.3 Å². The van der Waals surface area contributed by atoms with Gasteiger partial charge in [0.05, 0.1) is 16.7 Å². The van der Waals surface area contributed by atoms with Gasteiger partial charge in [0.1, 0.15) is 5.54 Å². The summed E-state index contributed by atoms with van der Waals surface area (Å²) in [5.74, 6) is 0.356. The summed E-state index contributed by atoms with van der Waals surface area (Å²) in [5.41, 5.74) is 3.57. The Hall–Kier alpha value is -4.66. The summed E-state index contributed by atoms with van der Waals surface area (Å²) in [6, 6.07) is 17.1. The lowest BCUT2D eigenvalue weighted by Crippen LogP contribution is -2.55. The van der Waals surface area contributed by atoms with Crippen LogP contribution in [0, 0.1) is 11.8 Å². The second-order valence-electron chi connectivity index (χ2n) is 12.9. The number of amides is 2. The number of anilines is 1. The number of hydrogen-bond acceptors (Lipinski definition) is 4. The minimum absolute atomic E-state index is 0.251. The molecular weight excluding hydrogens is 566 g/mol. The zero-order chi connectivity index (χ0) is 31.7. The molecule has 6 rings (SSSR count). The summed E-state index contributed by atoms with van der Waals surface area (Å²) in [4.78, 5) is 43.3. The molecule has 9 nitrogen and oxygen atoms in total. The topological polar surface area (TPSA) is 118 Å². The summed E-state index contributed by atoms with van der Waals surface area (Å²) in [7, 11) is 2.03. The van der Waals surface area contributed by atoms with Crippen LogP contribution in [0.4, 0.5) is 5.69 Å². The molecule has 0 unspecified atom stereocenters. The monoisotopic (exact) mass is 607 g/mol. The van der Waals surface area contributed by atoms with Crippen molar-refractivity contribution in [2.45, 2.75) is 70.4 Å². The second kappa shape index (κ2) is 12.4. The fourth-order valence-corrected chi connectivity index (χ4v) is 7.36. The second-order valence-corrected chi connectivity index (χ2v) is 12.9. The molecule has 2 atom stereocenters. The van der Waals surface area contributed by atoms with Gasteiger partial charge in [-0.25, -0.2) is 9.78 Å². The molecule has 45 heavy (non-hydrogen) atoms. The van der Waals surface area contributed by atoms with E-state index in [4.69, 9.17) is 10.1 Å². The van der Waals surface area contributed by atoms with Gasteiger partial charge in [-0.05, 0) is 91.6 Å². The molecule has 0 bridgehead atoms. The van der Waals surface area contributed by atoms with Crippen molar-refractivity contribution in [2.24, 2.45) is 18.9 Å². The van der Waals surface area contributed by atoms with Crippen molar-refractivity contribution in [1.82, 2.24) is 19.4 Å². The van der Waals surface area contributed by atoms with Crippen LogP contribution >= 0.6 is 0 Å². The van der Waals surface area contributed by atoms with E-state index < -0.39 is 11.5 Å². The maximum atomic E-state index is 13.8. The van der Waals surface area contributed by atoms with Crippen LogP contribution < -0.4 is 10.6 Å². The predicted octanol–water partition coefficient (Wildman–Crippen LogP) is 6.82. The Morgan fingerprint density at radius 3 is 2.33 bits per heavy atom. The first-order valence-electron chi connectivity index (χ1n) is 15.9. The maximum absolute atomic E-state index is 13.8. The molecule has 0 saturated heterocycles. The van der Waals surface area contributed by atoms with E-state index in [1.807, 2.05) is 37.5 Å². The van der Waals surface area contributed by atoms with Crippen LogP contribution in [0.2, 0.25) is 0 Å². The fourth-order valence-electron chi connectivity index (χ4n) is 7.36. The van der Waals surface area contributed by atoms with Crippen LogP contribution in [-0.4, -0.2) is 42.5 Å². The van der Waals surface area contributed by atoms with Crippen molar-refractivity contribution in [3.63, 3.8) is 0 Å². The van der Waals surface area contributed by atoms with Crippen LogP contribution in [0.5, 0.6) is 0 Å². The molecule has 2 aromatic heterocycles. The number of benzene rings is 2. The Balaban J connectivity index is 1.28. The van der Waals surface area contributed by atoms with Crippen LogP contribution in [0.3, 0.4) is 0 Å². The molecule has 0 radical (unpaired) electrons. The summed E-state index contributed by atoms with van der Waals surface area (Å²) in [6.45, 7) is 4.67. The highest BCUT2D eigenvalue weighted by Gasteiger charge is 2.43. The lowest BCUT2D eigenvalue weighted by molar-refractivity contribution is -0.131. The van der Waals surface area contributed by atoms with E-state index in [0.717, 1.165) is 41.5 Å². The lowest BCUT2D eigenvalue weighted by atomic mass is 9.78. The third kappa shape index (κ3) is 6.03. The molecule has 2 aliphatic carbocycles. The molecule has 2 aliphatic rings. The van der Waals surface area contributed by atoms with E-state index >= 15 is 0 Å². The first-order chi connectivity index (χ1) is 21.6. The number of hydrogen-bond donors (Lipinski definition) is 3. The Labute approximate surface area is 263 Å². The van der Waals surface area contributed by atoms with Crippen molar-refractivity contribution in [2.75, 3.05) is 5.32 Å². The molecule has 4 aromatic rings. The number of rotatable bonds is 8. The first-order valence-corrected chi connectivity index (χ1v) is 15.9. The minimum Gasteiger partial charge on any atom is -0.478 e. The predicted molar refractivity (Wildman–Crippen MR) is 176 cm³/mol. The molecule has 2 aromatic carbocycles. The van der Waals surface area contributed by atoms with Gasteiger partial charge in [0.25, 0.3) is 5.91 Å². The number of aliphatic carboxylic acids is 1. The molecule has 9 heteroatoms. The summed E-state index contributed by atoms with van der Waals surface area (Å²) in [5, 5.41) is 14.9. The Bertz CT molecular complexity index is 1750. The summed E-state index contributed by atoms with van der Waals surface area (Å²) >= 11 is 0. The maximum Gasteiger partial charge on any atom is 0.328 e. The molecular formula is C36H41N5O4. The highest BCUT2D eigenvalue weighted by molar-refractivity contribution is 6.05. The average Bonchev–Trinajstić information content (AvgIpc) is 3.75. The molecule has 234 valence electrons. The standard InChI is InChI=1S/C36H41N5O4/c1-23-8-6-9-24(2)32(23)41-29-17-14-26(22-28(29)38-33(41)30-10-7-21-40(30)3)34(44)39-36(19-4-5-20-36)35(45)37-27-15-11-25(12-16-27)13-18-31(42)43/h7,10-18,21-24,32H,4-6,8-9,19-20H2,1-3H3,(H,37,45)(H,39,44)(H,42,43)/b18-13+/t23-,24-/m0/s1. The van der Waals surface area contributed by atoms with Crippen molar-refractivity contribution < 1.29 is 19.5 Å². The van der Waals surface area contributed by atoms with E-state index in [-0.39, 0.29) is 11.8 Å². The molecule has 2 saturated carbocycles. The van der Waals surface area contributed by atoms with Gasteiger partial charge in [-0.15, -0.1) is 0 Å². The van der Waals surface area contributed by atoms with Gasteiger partial charge in [-0.2, -0.15) is 0 Å². The summed E-state index contributed by atoms with van der Waals surface area (Å²) < 4.78 is 4.49. The van der Waals surface area contributed by atoms with Gasteiger partial charge in [0.15, 0.2) is 5.82 Å². The number of aromatic nitrogens is 3. The van der Waals surface area contributed by atoms with Crippen LogP contribution in [0.1, 0.15) is 80.8 Å². The SMILES string of the molecule is C[C@H]1CCC[C@H](C)C1n1c(-c2cccn2C)nc2cc(C(=O)NC3(C(=O)Nc4ccc(/C=C/C(=O)O)cc4)CCCC3)ccc21. The smallest absolute Gasteiger partial charge is 0.328 e. The molecule has 3 N–H and O–H groups in total. The van der Waals surface area contributed by atoms with E-state index in [9.17, 15) is 14.4 Å². The normalized spacial score (nSPS) is 20.1. The number of carboxylic acid groups (broad SMARTS) is 1. The highest BCUT2D eigenvalue weighted by atomic mass is 16.4. The van der Waals surface area contributed by atoms with Crippen molar-refractivity contribution in [3.05, 3.63) is 78.0 Å². The largest absolute Gasteiger partial charge is 0.478 e. The zero-order valence-corrected chi connectivity index (χ0v) is 26.1. The number of fused-ring (bicyclic) bond motifs is 1. The first kappa shape index (κ1) is 30.4. The average molecular weight is 608 g/mol. The Morgan fingerprint density at radius 1 is 0.978 bits per heavy atom. The minimum atomic E-state index is -1.02. The lowest BCUT2D eigenvalue weighted by Gasteiger charge is -2.37. The number of nitrogens with zero attached hydrogens (tertiary/aromatic N) is 3. The molecule has 0 spiro atoms. The van der Waals surface area contributed by atoms with Gasteiger partial charge in [-0.1, -0.05) is 45.2 Å². The van der Waals surface area contributed by atoms with E-state index in [0.29, 0.717) is 47.5 Å². The molecule has 2 fully saturated rings. The van der Waals surface area contributed by atoms with Crippen LogP contribution in [0.25, 0.3) is 28.6 Å². The number of carbonyl (C=O) groups excluding carboxylic acids is 2. The fraction of sp³-hybridized carbons (Fsp3) is 0.389. The number of nitrogens with one attached hydrogen (secondary N) is 2. The quantitative estimate of drug-likeness (QED) is 0.190. The van der Waals surface area contributed by atoms with Crippen molar-refractivity contribution in [1.29, 1.82) is 0 Å². The molecule has 2 heterocycles. The highest BCUT2D eigenvalue weighted by Crippen LogP contribution is 2.42. The van der Waals surface area contributed by atoms with Gasteiger partial charge < -0.3 is 24.9 Å². The number of aryl methyl sites for hydroxylation is 1.